The van der Waals surface area contributed by atoms with Crippen molar-refractivity contribution in [1.29, 1.82) is 0 Å². The lowest BCUT2D eigenvalue weighted by Gasteiger charge is -2.31. The second-order valence-corrected chi connectivity index (χ2v) is 11.0. The Balaban J connectivity index is 1.32. The maximum atomic E-state index is 4.83. The number of allylic oxidation sites excluding steroid dienone is 7. The largest absolute Gasteiger partial charge is 0.323 e. The molecule has 0 spiro atoms. The van der Waals surface area contributed by atoms with E-state index in [1.54, 1.807) is 0 Å². The number of amidine groups is 1. The molecule has 0 bridgehead atoms. The van der Waals surface area contributed by atoms with Crippen LogP contribution in [0.15, 0.2) is 126 Å². The zero-order valence-corrected chi connectivity index (χ0v) is 23.2. The predicted molar refractivity (Wildman–Crippen MR) is 173 cm³/mol. The summed E-state index contributed by atoms with van der Waals surface area (Å²) in [4.78, 5) is 7.20. The summed E-state index contributed by atoms with van der Waals surface area (Å²) in [6.07, 6.45) is 23.4. The molecular weight excluding hydrogens is 484 g/mol. The molecule has 2 heteroatoms. The van der Waals surface area contributed by atoms with Gasteiger partial charge in [0.25, 0.3) is 0 Å². The minimum absolute atomic E-state index is 0.271. The van der Waals surface area contributed by atoms with Crippen LogP contribution in [0.4, 0.5) is 5.69 Å². The van der Waals surface area contributed by atoms with E-state index < -0.39 is 0 Å². The van der Waals surface area contributed by atoms with Gasteiger partial charge in [-0.05, 0) is 81.4 Å². The van der Waals surface area contributed by atoms with Gasteiger partial charge in [-0.2, -0.15) is 0 Å². The molecule has 0 radical (unpaired) electrons. The Hall–Kier alpha value is -4.43. The van der Waals surface area contributed by atoms with Crippen LogP contribution in [-0.2, 0) is 0 Å². The molecule has 4 aromatic carbocycles. The summed E-state index contributed by atoms with van der Waals surface area (Å²) < 4.78 is 0. The van der Waals surface area contributed by atoms with Gasteiger partial charge in [0.15, 0.2) is 0 Å². The molecule has 1 heterocycles. The maximum absolute atomic E-state index is 4.83. The number of hydrogen-bond donors (Lipinski definition) is 0. The van der Waals surface area contributed by atoms with Crippen LogP contribution in [0.2, 0.25) is 0 Å². The van der Waals surface area contributed by atoms with Crippen molar-refractivity contribution in [2.24, 2.45) is 10.9 Å². The number of benzene rings is 4. The van der Waals surface area contributed by atoms with Gasteiger partial charge in [0.2, 0.25) is 0 Å². The molecule has 3 unspecified atom stereocenters. The monoisotopic (exact) mass is 518 g/mol. The first kappa shape index (κ1) is 24.6. The minimum Gasteiger partial charge on any atom is -0.323 e. The predicted octanol–water partition coefficient (Wildman–Crippen LogP) is 9.64. The summed E-state index contributed by atoms with van der Waals surface area (Å²) in [5.41, 5.74) is 6.53. The summed E-state index contributed by atoms with van der Waals surface area (Å²) in [6, 6.07) is 25.4. The van der Waals surface area contributed by atoms with Crippen LogP contribution >= 0.6 is 0 Å². The van der Waals surface area contributed by atoms with Gasteiger partial charge < -0.3 is 4.90 Å². The van der Waals surface area contributed by atoms with Crippen LogP contribution < -0.4 is 4.90 Å². The number of nitrogens with zero attached hydrogens (tertiary/aromatic N) is 2. The first-order chi connectivity index (χ1) is 19.7. The fourth-order valence-electron chi connectivity index (χ4n) is 6.65. The van der Waals surface area contributed by atoms with E-state index in [2.05, 4.69) is 146 Å². The summed E-state index contributed by atoms with van der Waals surface area (Å²) in [6.45, 7) is 5.07. The molecule has 3 aliphatic rings. The molecule has 196 valence electrons. The van der Waals surface area contributed by atoms with Crippen molar-refractivity contribution in [3.05, 3.63) is 133 Å². The van der Waals surface area contributed by atoms with E-state index in [1.807, 2.05) is 0 Å². The van der Waals surface area contributed by atoms with E-state index in [0.29, 0.717) is 18.4 Å². The Kier molecular flexibility index (Phi) is 6.32. The van der Waals surface area contributed by atoms with Gasteiger partial charge in [0.1, 0.15) is 5.84 Å². The van der Waals surface area contributed by atoms with Crippen LogP contribution in [0, 0.1) is 5.92 Å². The van der Waals surface area contributed by atoms with Crippen molar-refractivity contribution in [3.63, 3.8) is 0 Å². The van der Waals surface area contributed by atoms with Gasteiger partial charge in [0.05, 0.1) is 12.6 Å². The Morgan fingerprint density at radius 1 is 0.800 bits per heavy atom. The van der Waals surface area contributed by atoms with E-state index in [1.165, 1.54) is 49.5 Å². The van der Waals surface area contributed by atoms with Crippen molar-refractivity contribution >= 4 is 39.1 Å². The van der Waals surface area contributed by atoms with Crippen molar-refractivity contribution in [2.45, 2.75) is 32.2 Å². The Morgan fingerprint density at radius 2 is 1.60 bits per heavy atom. The normalized spacial score (nSPS) is 23.2. The first-order valence-corrected chi connectivity index (χ1v) is 14.5. The van der Waals surface area contributed by atoms with Gasteiger partial charge >= 0.3 is 0 Å². The van der Waals surface area contributed by atoms with Crippen LogP contribution in [-0.4, -0.2) is 18.4 Å². The number of rotatable bonds is 3. The highest BCUT2D eigenvalue weighted by Crippen LogP contribution is 2.45. The number of fused-ring (bicyclic) bond motifs is 6. The third kappa shape index (κ3) is 4.25. The molecule has 4 aromatic rings. The molecule has 0 aromatic heterocycles. The highest BCUT2D eigenvalue weighted by molar-refractivity contribution is 6.04. The lowest BCUT2D eigenvalue weighted by atomic mass is 9.74. The van der Waals surface area contributed by atoms with Crippen LogP contribution in [0.1, 0.15) is 37.3 Å². The quantitative estimate of drug-likeness (QED) is 0.264. The first-order valence-electron chi connectivity index (χ1n) is 14.5. The number of hydrogen-bond acceptors (Lipinski definition) is 2. The molecule has 7 rings (SSSR count). The van der Waals surface area contributed by atoms with E-state index in [0.717, 1.165) is 12.3 Å². The number of aliphatic imine (C=N–C) groups is 1. The topological polar surface area (TPSA) is 15.6 Å². The molecule has 2 aliphatic carbocycles. The van der Waals surface area contributed by atoms with Crippen molar-refractivity contribution < 1.29 is 0 Å². The second-order valence-electron chi connectivity index (χ2n) is 11.0. The molecule has 0 saturated heterocycles. The van der Waals surface area contributed by atoms with E-state index in [-0.39, 0.29) is 6.04 Å². The van der Waals surface area contributed by atoms with Crippen molar-refractivity contribution in [3.8, 4) is 11.1 Å². The SMILES string of the molecule is CCC1/C=C\C=C/CN=C(C)N1c1ccc2cc(-c3cc4c(c5ccccc35)C3C=CC=CC3C=C4)ccc2c1. The molecule has 3 atom stereocenters. The zero-order valence-electron chi connectivity index (χ0n) is 23.2. The molecular formula is C38H34N2. The third-order valence-electron chi connectivity index (χ3n) is 8.64. The molecule has 0 N–H and O–H groups in total. The van der Waals surface area contributed by atoms with Crippen LogP contribution in [0.5, 0.6) is 0 Å². The Bertz CT molecular complexity index is 1800. The fraction of sp³-hybridized carbons (Fsp3) is 0.184. The second kappa shape index (κ2) is 10.3. The molecule has 40 heavy (non-hydrogen) atoms. The van der Waals surface area contributed by atoms with Crippen LogP contribution in [0.25, 0.3) is 38.7 Å². The van der Waals surface area contributed by atoms with Gasteiger partial charge in [-0.1, -0.05) is 110 Å². The minimum atomic E-state index is 0.271. The smallest absolute Gasteiger partial charge is 0.101 e. The van der Waals surface area contributed by atoms with E-state index >= 15 is 0 Å². The Labute approximate surface area is 237 Å². The van der Waals surface area contributed by atoms with Gasteiger partial charge in [-0.15, -0.1) is 0 Å². The average molecular weight is 519 g/mol. The van der Waals surface area contributed by atoms with E-state index in [4.69, 9.17) is 4.99 Å². The molecule has 0 fully saturated rings. The van der Waals surface area contributed by atoms with Gasteiger partial charge in [-0.3, -0.25) is 4.99 Å². The fourth-order valence-corrected chi connectivity index (χ4v) is 6.65. The molecule has 0 saturated carbocycles. The summed E-state index contributed by atoms with van der Waals surface area (Å²) in [5.74, 6) is 1.89. The van der Waals surface area contributed by atoms with Crippen LogP contribution in [0.3, 0.4) is 0 Å². The summed E-state index contributed by atoms with van der Waals surface area (Å²) in [5, 5.41) is 5.18. The highest BCUT2D eigenvalue weighted by atomic mass is 15.2. The van der Waals surface area contributed by atoms with Crippen molar-refractivity contribution in [1.82, 2.24) is 0 Å². The zero-order chi connectivity index (χ0) is 27.1. The van der Waals surface area contributed by atoms with Crippen molar-refractivity contribution in [2.75, 3.05) is 11.4 Å². The average Bonchev–Trinajstić information content (AvgIpc) is 3.09. The number of anilines is 1. The van der Waals surface area contributed by atoms with Gasteiger partial charge in [0, 0.05) is 17.5 Å². The maximum Gasteiger partial charge on any atom is 0.101 e. The molecule has 2 nitrogen and oxygen atoms in total. The molecule has 0 amide bonds. The lowest BCUT2D eigenvalue weighted by molar-refractivity contribution is 0.697. The van der Waals surface area contributed by atoms with Gasteiger partial charge in [-0.25, -0.2) is 0 Å². The Morgan fingerprint density at radius 3 is 2.50 bits per heavy atom. The summed E-state index contributed by atoms with van der Waals surface area (Å²) in [7, 11) is 0. The highest BCUT2D eigenvalue weighted by Gasteiger charge is 2.27. The lowest BCUT2D eigenvalue weighted by Crippen LogP contribution is -2.37. The third-order valence-corrected chi connectivity index (χ3v) is 8.64. The van der Waals surface area contributed by atoms with E-state index in [9.17, 15) is 0 Å². The standard InChI is InChI=1S/C38H34N2/c1-3-32-12-5-4-10-22-39-26(2)40(32)33-21-20-28-23-30(18-17-29(28)24-33)37-25-31-19-16-27-11-6-7-13-34(27)38(31)36-15-9-8-14-35(36)37/h4-21,23-25,27,32,34H,3,22H2,1-2H3/b10-4-,12-5-,39-26?. The molecule has 1 aliphatic heterocycles. The summed E-state index contributed by atoms with van der Waals surface area (Å²) >= 11 is 0.